The van der Waals surface area contributed by atoms with E-state index in [4.69, 9.17) is 26.4 Å². The van der Waals surface area contributed by atoms with Crippen molar-refractivity contribution >= 4 is 46.6 Å². The smallest absolute Gasteiger partial charge is 0.266 e. The van der Waals surface area contributed by atoms with Crippen molar-refractivity contribution in [3.63, 3.8) is 0 Å². The van der Waals surface area contributed by atoms with Crippen molar-refractivity contribution in [2.24, 2.45) is 0 Å². The number of carbonyl (C=O) groups is 2. The third kappa shape index (κ3) is 3.70. The third-order valence-corrected chi connectivity index (χ3v) is 4.75. The summed E-state index contributed by atoms with van der Waals surface area (Å²) in [6.45, 7) is 0.280. The molecule has 0 aromatic heterocycles. The standard InChI is InChI=1S/C16H17NO5S2/c1-20-10-7-12(21-2)11(13(8-10)22-3)9-14-15(19)17(5-4-6-18)16(23)24-14/h6-9H,4-5H2,1-3H3/b14-9-. The van der Waals surface area contributed by atoms with Gasteiger partial charge in [0.1, 0.15) is 27.9 Å². The minimum Gasteiger partial charge on any atom is -0.496 e. The molecule has 1 aliphatic rings. The van der Waals surface area contributed by atoms with E-state index in [0.29, 0.717) is 32.0 Å². The van der Waals surface area contributed by atoms with Crippen LogP contribution in [0.3, 0.4) is 0 Å². The Labute approximate surface area is 149 Å². The van der Waals surface area contributed by atoms with E-state index in [0.717, 1.165) is 6.29 Å². The highest BCUT2D eigenvalue weighted by atomic mass is 32.2. The van der Waals surface area contributed by atoms with Crippen LogP contribution >= 0.6 is 24.0 Å². The quantitative estimate of drug-likeness (QED) is 0.417. The van der Waals surface area contributed by atoms with Gasteiger partial charge < -0.3 is 19.0 Å². The van der Waals surface area contributed by atoms with Crippen LogP contribution in [0.15, 0.2) is 17.0 Å². The molecule has 0 spiro atoms. The average molecular weight is 367 g/mol. The monoisotopic (exact) mass is 367 g/mol. The van der Waals surface area contributed by atoms with Crippen molar-refractivity contribution < 1.29 is 23.8 Å². The van der Waals surface area contributed by atoms with Gasteiger partial charge >= 0.3 is 0 Å². The van der Waals surface area contributed by atoms with Crippen molar-refractivity contribution in [2.45, 2.75) is 6.42 Å². The fourth-order valence-corrected chi connectivity index (χ4v) is 3.47. The second-order valence-corrected chi connectivity index (χ2v) is 6.41. The SMILES string of the molecule is COc1cc(OC)c(/C=C2\SC(=S)N(CCC=O)C2=O)c(OC)c1. The fourth-order valence-electron chi connectivity index (χ4n) is 2.18. The average Bonchev–Trinajstić information content (AvgIpc) is 2.86. The summed E-state index contributed by atoms with van der Waals surface area (Å²) in [6.07, 6.45) is 2.68. The molecule has 0 bridgehead atoms. The first-order chi connectivity index (χ1) is 11.5. The molecule has 0 aliphatic carbocycles. The summed E-state index contributed by atoms with van der Waals surface area (Å²) in [7, 11) is 4.60. The van der Waals surface area contributed by atoms with E-state index in [1.54, 1.807) is 25.3 Å². The van der Waals surface area contributed by atoms with Gasteiger partial charge in [-0.1, -0.05) is 24.0 Å². The molecule has 1 aromatic carbocycles. The minimum absolute atomic E-state index is 0.230. The van der Waals surface area contributed by atoms with E-state index in [-0.39, 0.29) is 18.9 Å². The Balaban J connectivity index is 2.42. The van der Waals surface area contributed by atoms with E-state index in [2.05, 4.69) is 0 Å². The zero-order chi connectivity index (χ0) is 17.7. The zero-order valence-electron chi connectivity index (χ0n) is 13.5. The molecule has 2 rings (SSSR count). The summed E-state index contributed by atoms with van der Waals surface area (Å²) in [6, 6.07) is 3.42. The highest BCUT2D eigenvalue weighted by Crippen LogP contribution is 2.39. The van der Waals surface area contributed by atoms with Gasteiger partial charge in [0.25, 0.3) is 5.91 Å². The Hall–Kier alpha value is -2.06. The first-order valence-electron chi connectivity index (χ1n) is 7.04. The van der Waals surface area contributed by atoms with Crippen LogP contribution in [0, 0.1) is 0 Å². The molecule has 24 heavy (non-hydrogen) atoms. The van der Waals surface area contributed by atoms with Gasteiger partial charge in [-0.3, -0.25) is 9.69 Å². The van der Waals surface area contributed by atoms with Gasteiger partial charge in [0, 0.05) is 25.1 Å². The molecule has 1 saturated heterocycles. The number of nitrogens with zero attached hydrogens (tertiary/aromatic N) is 1. The predicted molar refractivity (Wildman–Crippen MR) is 96.7 cm³/mol. The van der Waals surface area contributed by atoms with Crippen LogP contribution in [0.2, 0.25) is 0 Å². The highest BCUT2D eigenvalue weighted by Gasteiger charge is 2.32. The van der Waals surface area contributed by atoms with Gasteiger partial charge in [-0.05, 0) is 6.08 Å². The lowest BCUT2D eigenvalue weighted by molar-refractivity contribution is -0.122. The number of rotatable bonds is 7. The van der Waals surface area contributed by atoms with Gasteiger partial charge in [0.05, 0.1) is 31.8 Å². The number of ether oxygens (including phenoxy) is 3. The summed E-state index contributed by atoms with van der Waals surface area (Å²) in [5.74, 6) is 1.39. The van der Waals surface area contributed by atoms with Crippen LogP contribution < -0.4 is 14.2 Å². The summed E-state index contributed by atoms with van der Waals surface area (Å²) in [5.41, 5.74) is 0.622. The van der Waals surface area contributed by atoms with E-state index >= 15 is 0 Å². The second-order valence-electron chi connectivity index (χ2n) is 4.73. The Kier molecular flexibility index (Phi) is 6.22. The first-order valence-corrected chi connectivity index (χ1v) is 8.27. The Morgan fingerprint density at radius 2 is 1.79 bits per heavy atom. The number of carbonyl (C=O) groups excluding carboxylic acids is 2. The summed E-state index contributed by atoms with van der Waals surface area (Å²) in [5, 5.41) is 0. The Morgan fingerprint density at radius 3 is 2.29 bits per heavy atom. The molecule has 1 aliphatic heterocycles. The molecule has 1 amide bonds. The number of thioether (sulfide) groups is 1. The number of amides is 1. The van der Waals surface area contributed by atoms with E-state index < -0.39 is 0 Å². The molecule has 0 unspecified atom stereocenters. The maximum Gasteiger partial charge on any atom is 0.266 e. The fraction of sp³-hybridized carbons (Fsp3) is 0.312. The molecular formula is C16H17NO5S2. The molecule has 0 N–H and O–H groups in total. The normalized spacial score (nSPS) is 15.8. The van der Waals surface area contributed by atoms with Crippen molar-refractivity contribution in [1.29, 1.82) is 0 Å². The van der Waals surface area contributed by atoms with Gasteiger partial charge in [-0.15, -0.1) is 0 Å². The van der Waals surface area contributed by atoms with Crippen molar-refractivity contribution in [1.82, 2.24) is 4.90 Å². The number of hydrogen-bond acceptors (Lipinski definition) is 7. The van der Waals surface area contributed by atoms with E-state index in [1.807, 2.05) is 0 Å². The largest absolute Gasteiger partial charge is 0.496 e. The van der Waals surface area contributed by atoms with Gasteiger partial charge in [-0.25, -0.2) is 0 Å². The molecular weight excluding hydrogens is 350 g/mol. The molecule has 8 heteroatoms. The number of benzene rings is 1. The lowest BCUT2D eigenvalue weighted by Gasteiger charge is -2.13. The van der Waals surface area contributed by atoms with Crippen LogP contribution in [-0.4, -0.2) is 49.3 Å². The van der Waals surface area contributed by atoms with Crippen LogP contribution in [0.5, 0.6) is 17.2 Å². The molecule has 128 valence electrons. The molecule has 1 aromatic rings. The maximum absolute atomic E-state index is 12.5. The van der Waals surface area contributed by atoms with Crippen LogP contribution in [0.1, 0.15) is 12.0 Å². The first kappa shape index (κ1) is 18.3. The predicted octanol–water partition coefficient (Wildman–Crippen LogP) is 2.50. The Morgan fingerprint density at radius 1 is 1.17 bits per heavy atom. The van der Waals surface area contributed by atoms with Gasteiger partial charge in [-0.2, -0.15) is 0 Å². The number of methoxy groups -OCH3 is 3. The summed E-state index contributed by atoms with van der Waals surface area (Å²) < 4.78 is 16.4. The van der Waals surface area contributed by atoms with Crippen molar-refractivity contribution in [3.05, 3.63) is 22.6 Å². The number of hydrogen-bond donors (Lipinski definition) is 0. The van der Waals surface area contributed by atoms with E-state index in [9.17, 15) is 9.59 Å². The summed E-state index contributed by atoms with van der Waals surface area (Å²) >= 11 is 6.40. The summed E-state index contributed by atoms with van der Waals surface area (Å²) in [4.78, 5) is 24.9. The lowest BCUT2D eigenvalue weighted by atomic mass is 10.1. The third-order valence-electron chi connectivity index (χ3n) is 3.37. The van der Waals surface area contributed by atoms with Crippen LogP contribution in [-0.2, 0) is 9.59 Å². The van der Waals surface area contributed by atoms with Crippen molar-refractivity contribution in [3.8, 4) is 17.2 Å². The molecule has 1 fully saturated rings. The number of thiocarbonyl (C=S) groups is 1. The topological polar surface area (TPSA) is 65.1 Å². The highest BCUT2D eigenvalue weighted by molar-refractivity contribution is 8.26. The molecule has 1 heterocycles. The number of aldehydes is 1. The van der Waals surface area contributed by atoms with Crippen molar-refractivity contribution in [2.75, 3.05) is 27.9 Å². The van der Waals surface area contributed by atoms with E-state index in [1.165, 1.54) is 30.9 Å². The second kappa shape index (κ2) is 8.16. The zero-order valence-corrected chi connectivity index (χ0v) is 15.2. The molecule has 6 nitrogen and oxygen atoms in total. The maximum atomic E-state index is 12.5. The van der Waals surface area contributed by atoms with Gasteiger partial charge in [0.15, 0.2) is 0 Å². The lowest BCUT2D eigenvalue weighted by Crippen LogP contribution is -2.29. The Bertz CT molecular complexity index is 677. The molecule has 0 atom stereocenters. The molecule has 0 radical (unpaired) electrons. The minimum atomic E-state index is -0.230. The van der Waals surface area contributed by atoms with Crippen LogP contribution in [0.4, 0.5) is 0 Å². The molecule has 0 saturated carbocycles. The van der Waals surface area contributed by atoms with Gasteiger partial charge in [0.2, 0.25) is 0 Å². The van der Waals surface area contributed by atoms with Crippen LogP contribution in [0.25, 0.3) is 6.08 Å².